The number of nitrogens with zero attached hydrogens (tertiary/aromatic N) is 1. The van der Waals surface area contributed by atoms with Crippen LogP contribution in [0, 0.1) is 5.82 Å². The van der Waals surface area contributed by atoms with Gasteiger partial charge in [0.2, 0.25) is 0 Å². The monoisotopic (exact) mass is 328 g/mol. The number of hydrogen-bond donors (Lipinski definition) is 1. The number of amides is 2. The van der Waals surface area contributed by atoms with Gasteiger partial charge < -0.3 is 15.0 Å². The van der Waals surface area contributed by atoms with Crippen molar-refractivity contribution in [2.45, 2.75) is 20.0 Å². The lowest BCUT2D eigenvalue weighted by molar-refractivity contribution is -0.125. The molecule has 1 atom stereocenters. The van der Waals surface area contributed by atoms with Crippen molar-refractivity contribution in [2.24, 2.45) is 0 Å². The Morgan fingerprint density at radius 3 is 2.75 bits per heavy atom. The molecule has 3 rings (SSSR count). The van der Waals surface area contributed by atoms with Crippen LogP contribution in [0.5, 0.6) is 5.75 Å². The van der Waals surface area contributed by atoms with Crippen molar-refractivity contribution in [3.8, 4) is 5.75 Å². The molecule has 2 amide bonds. The van der Waals surface area contributed by atoms with E-state index in [0.717, 1.165) is 0 Å². The van der Waals surface area contributed by atoms with E-state index in [1.54, 1.807) is 36.1 Å². The van der Waals surface area contributed by atoms with Crippen LogP contribution in [-0.4, -0.2) is 24.5 Å². The largest absolute Gasteiger partial charge is 0.479 e. The van der Waals surface area contributed by atoms with Gasteiger partial charge >= 0.3 is 0 Å². The lowest BCUT2D eigenvalue weighted by Gasteiger charge is -2.32. The summed E-state index contributed by atoms with van der Waals surface area (Å²) in [7, 11) is 0. The molecule has 6 heteroatoms. The first kappa shape index (κ1) is 16.0. The quantitative estimate of drug-likeness (QED) is 0.941. The molecule has 0 spiro atoms. The Morgan fingerprint density at radius 2 is 2.04 bits per heavy atom. The van der Waals surface area contributed by atoms with Gasteiger partial charge in [0.15, 0.2) is 6.10 Å². The number of halogens is 1. The second kappa shape index (κ2) is 6.31. The van der Waals surface area contributed by atoms with Crippen LogP contribution in [0.25, 0.3) is 0 Å². The number of fused-ring (bicyclic) bond motifs is 1. The SMILES string of the molecule is CCN1C(=O)C(C)Oc2ccc(NC(=O)c3ccccc3F)cc21. The zero-order valence-electron chi connectivity index (χ0n) is 13.4. The van der Waals surface area contributed by atoms with Crippen molar-refractivity contribution < 1.29 is 18.7 Å². The van der Waals surface area contributed by atoms with Gasteiger partial charge in [0.1, 0.15) is 11.6 Å². The third-order valence-corrected chi connectivity index (χ3v) is 3.86. The van der Waals surface area contributed by atoms with Gasteiger partial charge in [-0.3, -0.25) is 9.59 Å². The van der Waals surface area contributed by atoms with Crippen LogP contribution < -0.4 is 15.0 Å². The van der Waals surface area contributed by atoms with Crippen molar-refractivity contribution in [3.05, 3.63) is 53.8 Å². The second-order valence-electron chi connectivity index (χ2n) is 5.46. The van der Waals surface area contributed by atoms with Crippen LogP contribution in [0.15, 0.2) is 42.5 Å². The third kappa shape index (κ3) is 2.82. The molecule has 24 heavy (non-hydrogen) atoms. The molecule has 0 saturated carbocycles. The molecule has 0 radical (unpaired) electrons. The Hall–Kier alpha value is -2.89. The maximum absolute atomic E-state index is 13.7. The predicted octanol–water partition coefficient (Wildman–Crippen LogP) is 3.21. The summed E-state index contributed by atoms with van der Waals surface area (Å²) in [6.07, 6.45) is -0.545. The zero-order chi connectivity index (χ0) is 17.3. The van der Waals surface area contributed by atoms with Crippen molar-refractivity contribution in [1.29, 1.82) is 0 Å². The predicted molar refractivity (Wildman–Crippen MR) is 88.9 cm³/mol. The molecular formula is C18H17FN2O3. The molecule has 0 fully saturated rings. The number of hydrogen-bond acceptors (Lipinski definition) is 3. The molecule has 5 nitrogen and oxygen atoms in total. The van der Waals surface area contributed by atoms with E-state index in [1.807, 2.05) is 6.92 Å². The van der Waals surface area contributed by atoms with E-state index in [0.29, 0.717) is 23.7 Å². The maximum Gasteiger partial charge on any atom is 0.267 e. The van der Waals surface area contributed by atoms with Crippen LogP contribution in [0.2, 0.25) is 0 Å². The highest BCUT2D eigenvalue weighted by Gasteiger charge is 2.30. The number of rotatable bonds is 3. The molecular weight excluding hydrogens is 311 g/mol. The summed E-state index contributed by atoms with van der Waals surface area (Å²) in [6, 6.07) is 10.8. The van der Waals surface area contributed by atoms with Crippen molar-refractivity contribution in [3.63, 3.8) is 0 Å². The minimum atomic E-state index is -0.588. The number of benzene rings is 2. The van der Waals surface area contributed by atoms with Crippen LogP contribution in [0.4, 0.5) is 15.8 Å². The summed E-state index contributed by atoms with van der Waals surface area (Å²) in [4.78, 5) is 26.0. The first-order chi connectivity index (χ1) is 11.5. The molecule has 1 N–H and O–H groups in total. The Labute approximate surface area is 139 Å². The van der Waals surface area contributed by atoms with E-state index in [-0.39, 0.29) is 11.5 Å². The van der Waals surface area contributed by atoms with Gasteiger partial charge in [0.05, 0.1) is 11.3 Å². The first-order valence-electron chi connectivity index (χ1n) is 7.69. The fourth-order valence-corrected chi connectivity index (χ4v) is 2.65. The number of ether oxygens (including phenoxy) is 1. The molecule has 0 bridgehead atoms. The van der Waals surface area contributed by atoms with Gasteiger partial charge in [-0.25, -0.2) is 4.39 Å². The number of carbonyl (C=O) groups excluding carboxylic acids is 2. The average molecular weight is 328 g/mol. The molecule has 0 aliphatic carbocycles. The molecule has 1 aliphatic rings. The number of carbonyl (C=O) groups is 2. The van der Waals surface area contributed by atoms with E-state index in [4.69, 9.17) is 4.74 Å². The van der Waals surface area contributed by atoms with Gasteiger partial charge in [0, 0.05) is 12.2 Å². The molecule has 2 aromatic carbocycles. The number of likely N-dealkylation sites (N-methyl/N-ethyl adjacent to an activating group) is 1. The van der Waals surface area contributed by atoms with E-state index < -0.39 is 17.8 Å². The summed E-state index contributed by atoms with van der Waals surface area (Å²) in [5, 5.41) is 2.65. The van der Waals surface area contributed by atoms with Crippen LogP contribution in [0.1, 0.15) is 24.2 Å². The zero-order valence-corrected chi connectivity index (χ0v) is 13.4. The van der Waals surface area contributed by atoms with E-state index in [2.05, 4.69) is 5.32 Å². The summed E-state index contributed by atoms with van der Waals surface area (Å²) < 4.78 is 19.3. The van der Waals surface area contributed by atoms with Gasteiger partial charge in [-0.1, -0.05) is 12.1 Å². The summed E-state index contributed by atoms with van der Waals surface area (Å²) >= 11 is 0. The Balaban J connectivity index is 1.89. The van der Waals surface area contributed by atoms with Crippen LogP contribution in [0.3, 0.4) is 0 Å². The molecule has 2 aromatic rings. The first-order valence-corrected chi connectivity index (χ1v) is 7.69. The summed E-state index contributed by atoms with van der Waals surface area (Å²) in [6.45, 7) is 4.05. The Bertz CT molecular complexity index is 807. The summed E-state index contributed by atoms with van der Waals surface area (Å²) in [5.41, 5.74) is 1.02. The fraction of sp³-hybridized carbons (Fsp3) is 0.222. The Morgan fingerprint density at radius 1 is 1.29 bits per heavy atom. The molecule has 1 aliphatic heterocycles. The highest BCUT2D eigenvalue weighted by Crippen LogP contribution is 2.36. The minimum Gasteiger partial charge on any atom is -0.479 e. The van der Waals surface area contributed by atoms with Crippen LogP contribution >= 0.6 is 0 Å². The summed E-state index contributed by atoms with van der Waals surface area (Å²) in [5.74, 6) is -0.696. The van der Waals surface area contributed by atoms with Gasteiger partial charge in [0.25, 0.3) is 11.8 Å². The second-order valence-corrected chi connectivity index (χ2v) is 5.46. The van der Waals surface area contributed by atoms with Gasteiger partial charge in [-0.05, 0) is 44.2 Å². The normalized spacial score (nSPS) is 16.4. The fourth-order valence-electron chi connectivity index (χ4n) is 2.65. The highest BCUT2D eigenvalue weighted by molar-refractivity contribution is 6.05. The Kier molecular flexibility index (Phi) is 4.20. The molecule has 124 valence electrons. The molecule has 0 aromatic heterocycles. The maximum atomic E-state index is 13.7. The topological polar surface area (TPSA) is 58.6 Å². The average Bonchev–Trinajstić information content (AvgIpc) is 2.57. The van der Waals surface area contributed by atoms with Gasteiger partial charge in [-0.15, -0.1) is 0 Å². The van der Waals surface area contributed by atoms with Crippen molar-refractivity contribution in [1.82, 2.24) is 0 Å². The minimum absolute atomic E-state index is 0.0384. The number of anilines is 2. The number of nitrogens with one attached hydrogen (secondary N) is 1. The van der Waals surface area contributed by atoms with Crippen molar-refractivity contribution in [2.75, 3.05) is 16.8 Å². The van der Waals surface area contributed by atoms with E-state index >= 15 is 0 Å². The standard InChI is InChI=1S/C18H17FN2O3/c1-3-21-15-10-12(8-9-16(15)24-11(2)18(21)23)20-17(22)13-6-4-5-7-14(13)19/h4-11H,3H2,1-2H3,(H,20,22). The van der Waals surface area contributed by atoms with Gasteiger partial charge in [-0.2, -0.15) is 0 Å². The lowest BCUT2D eigenvalue weighted by Crippen LogP contribution is -2.44. The molecule has 1 unspecified atom stereocenters. The van der Waals surface area contributed by atoms with E-state index in [1.165, 1.54) is 18.2 Å². The molecule has 0 saturated heterocycles. The van der Waals surface area contributed by atoms with Crippen molar-refractivity contribution >= 4 is 23.2 Å². The lowest BCUT2D eigenvalue weighted by atomic mass is 10.1. The van der Waals surface area contributed by atoms with Crippen LogP contribution in [-0.2, 0) is 4.79 Å². The third-order valence-electron chi connectivity index (χ3n) is 3.86. The highest BCUT2D eigenvalue weighted by atomic mass is 19.1. The molecule has 1 heterocycles. The smallest absolute Gasteiger partial charge is 0.267 e. The van der Waals surface area contributed by atoms with E-state index in [9.17, 15) is 14.0 Å².